The second kappa shape index (κ2) is 6.82. The minimum Gasteiger partial charge on any atom is -0.361 e. The van der Waals surface area contributed by atoms with Crippen LogP contribution in [0.2, 0.25) is 0 Å². The molecule has 7 heteroatoms. The SMILES string of the molecule is Cc1noc(C)c1-c1ccc2cnc(N(C#N)C(=O)[C@H]3CCNC3)cc2c1. The van der Waals surface area contributed by atoms with Gasteiger partial charge in [0, 0.05) is 23.7 Å². The molecule has 0 unspecified atom stereocenters. The number of carbonyl (C=O) groups is 1. The number of pyridine rings is 1. The summed E-state index contributed by atoms with van der Waals surface area (Å²) in [4.78, 5) is 18.1. The van der Waals surface area contributed by atoms with E-state index in [1.807, 2.05) is 38.2 Å². The number of rotatable bonds is 3. The van der Waals surface area contributed by atoms with Crippen molar-refractivity contribution in [3.63, 3.8) is 0 Å². The molecule has 1 saturated heterocycles. The standard InChI is InChI=1S/C20H19N5O2/c1-12-19(13(2)27-24-12)14-3-4-15-10-23-18(8-17(15)7-14)25(11-21)20(26)16-5-6-22-9-16/h3-4,7-8,10,16,22H,5-6,9H2,1-2H3/t16-/m0/s1. The zero-order valence-corrected chi connectivity index (χ0v) is 15.2. The Labute approximate surface area is 156 Å². The Kier molecular flexibility index (Phi) is 4.34. The predicted octanol–water partition coefficient (Wildman–Crippen LogP) is 2.93. The minimum absolute atomic E-state index is 0.184. The molecule has 0 radical (unpaired) electrons. The molecule has 136 valence electrons. The van der Waals surface area contributed by atoms with Crippen molar-refractivity contribution in [2.24, 2.45) is 5.92 Å². The number of aryl methyl sites for hydroxylation is 2. The van der Waals surface area contributed by atoms with Gasteiger partial charge in [0.15, 0.2) is 6.19 Å². The monoisotopic (exact) mass is 361 g/mol. The highest BCUT2D eigenvalue weighted by Gasteiger charge is 2.29. The quantitative estimate of drug-likeness (QED) is 0.569. The van der Waals surface area contributed by atoms with E-state index in [0.717, 1.165) is 51.2 Å². The largest absolute Gasteiger partial charge is 0.361 e. The van der Waals surface area contributed by atoms with Gasteiger partial charge in [0.05, 0.1) is 11.6 Å². The Balaban J connectivity index is 1.74. The number of nitriles is 1. The maximum atomic E-state index is 12.7. The molecule has 0 aliphatic carbocycles. The molecular formula is C20H19N5O2. The molecule has 0 bridgehead atoms. The molecule has 1 aromatic carbocycles. The minimum atomic E-state index is -0.212. The van der Waals surface area contributed by atoms with Gasteiger partial charge in [0.1, 0.15) is 11.6 Å². The van der Waals surface area contributed by atoms with Crippen LogP contribution < -0.4 is 10.2 Å². The highest BCUT2D eigenvalue weighted by Crippen LogP contribution is 2.30. The Morgan fingerprint density at radius 1 is 1.33 bits per heavy atom. The summed E-state index contributed by atoms with van der Waals surface area (Å²) in [6, 6.07) is 7.74. The van der Waals surface area contributed by atoms with Crippen LogP contribution in [0.25, 0.3) is 21.9 Å². The van der Waals surface area contributed by atoms with Gasteiger partial charge in [-0.1, -0.05) is 17.3 Å². The van der Waals surface area contributed by atoms with E-state index in [2.05, 4.69) is 15.5 Å². The molecule has 1 atom stereocenters. The third-order valence-corrected chi connectivity index (χ3v) is 4.99. The normalized spacial score (nSPS) is 16.4. The average molecular weight is 361 g/mol. The van der Waals surface area contributed by atoms with Crippen molar-refractivity contribution in [3.8, 4) is 17.3 Å². The Hall–Kier alpha value is -3.24. The second-order valence-electron chi connectivity index (χ2n) is 6.77. The van der Waals surface area contributed by atoms with Crippen molar-refractivity contribution in [2.75, 3.05) is 18.0 Å². The summed E-state index contributed by atoms with van der Waals surface area (Å²) in [5.41, 5.74) is 2.76. The van der Waals surface area contributed by atoms with Crippen molar-refractivity contribution in [3.05, 3.63) is 41.9 Å². The summed E-state index contributed by atoms with van der Waals surface area (Å²) in [7, 11) is 0. The number of hydrogen-bond donors (Lipinski definition) is 1. The summed E-state index contributed by atoms with van der Waals surface area (Å²) >= 11 is 0. The fraction of sp³-hybridized carbons (Fsp3) is 0.300. The molecule has 4 rings (SSSR count). The third kappa shape index (κ3) is 3.04. The maximum Gasteiger partial charge on any atom is 0.246 e. The van der Waals surface area contributed by atoms with Crippen molar-refractivity contribution < 1.29 is 9.32 Å². The fourth-order valence-electron chi connectivity index (χ4n) is 3.56. The van der Waals surface area contributed by atoms with Crippen LogP contribution in [0.5, 0.6) is 0 Å². The summed E-state index contributed by atoms with van der Waals surface area (Å²) < 4.78 is 5.27. The van der Waals surface area contributed by atoms with Gasteiger partial charge in [0.2, 0.25) is 5.91 Å². The molecule has 0 spiro atoms. The van der Waals surface area contributed by atoms with Crippen molar-refractivity contribution in [1.29, 1.82) is 5.26 Å². The van der Waals surface area contributed by atoms with Crippen LogP contribution in [0.1, 0.15) is 17.9 Å². The predicted molar refractivity (Wildman–Crippen MR) is 101 cm³/mol. The topological polar surface area (TPSA) is 95.1 Å². The fourth-order valence-corrected chi connectivity index (χ4v) is 3.56. The first-order valence-corrected chi connectivity index (χ1v) is 8.86. The number of amides is 1. The van der Waals surface area contributed by atoms with Crippen LogP contribution in [0.4, 0.5) is 5.82 Å². The van der Waals surface area contributed by atoms with Gasteiger partial charge in [-0.05, 0) is 49.9 Å². The lowest BCUT2D eigenvalue weighted by Crippen LogP contribution is -2.34. The maximum absolute atomic E-state index is 12.7. The van der Waals surface area contributed by atoms with E-state index in [1.165, 1.54) is 0 Å². The molecule has 1 aliphatic rings. The van der Waals surface area contributed by atoms with Crippen LogP contribution in [-0.2, 0) is 4.79 Å². The summed E-state index contributed by atoms with van der Waals surface area (Å²) in [6.45, 7) is 5.17. The molecule has 3 aromatic rings. The number of fused-ring (bicyclic) bond motifs is 1. The summed E-state index contributed by atoms with van der Waals surface area (Å²) in [5.74, 6) is 0.702. The molecule has 27 heavy (non-hydrogen) atoms. The van der Waals surface area contributed by atoms with Gasteiger partial charge in [0.25, 0.3) is 0 Å². The molecule has 2 aromatic heterocycles. The third-order valence-electron chi connectivity index (χ3n) is 4.99. The van der Waals surface area contributed by atoms with Gasteiger partial charge >= 0.3 is 0 Å². The van der Waals surface area contributed by atoms with Crippen LogP contribution in [0, 0.1) is 31.2 Å². The van der Waals surface area contributed by atoms with E-state index >= 15 is 0 Å². The summed E-state index contributed by atoms with van der Waals surface area (Å²) in [6.07, 6.45) is 4.41. The van der Waals surface area contributed by atoms with E-state index in [-0.39, 0.29) is 11.8 Å². The van der Waals surface area contributed by atoms with Gasteiger partial charge < -0.3 is 9.84 Å². The molecule has 1 fully saturated rings. The van der Waals surface area contributed by atoms with Crippen LogP contribution in [-0.4, -0.2) is 29.1 Å². The van der Waals surface area contributed by atoms with Crippen LogP contribution in [0.15, 0.2) is 35.0 Å². The second-order valence-corrected chi connectivity index (χ2v) is 6.77. The first-order chi connectivity index (χ1) is 13.1. The highest BCUT2D eigenvalue weighted by atomic mass is 16.5. The van der Waals surface area contributed by atoms with Gasteiger partial charge in [-0.15, -0.1) is 0 Å². The van der Waals surface area contributed by atoms with Crippen molar-refractivity contribution in [1.82, 2.24) is 15.5 Å². The van der Waals surface area contributed by atoms with Crippen LogP contribution in [0.3, 0.4) is 0 Å². The first kappa shape index (κ1) is 17.2. The molecule has 1 amide bonds. The number of benzene rings is 1. The van der Waals surface area contributed by atoms with Gasteiger partial charge in [-0.25, -0.2) is 4.98 Å². The number of hydrogen-bond acceptors (Lipinski definition) is 6. The lowest BCUT2D eigenvalue weighted by atomic mass is 10.0. The molecule has 1 aliphatic heterocycles. The lowest BCUT2D eigenvalue weighted by Gasteiger charge is -2.17. The van der Waals surface area contributed by atoms with Crippen LogP contribution >= 0.6 is 0 Å². The average Bonchev–Trinajstić information content (AvgIpc) is 3.32. The summed E-state index contributed by atoms with van der Waals surface area (Å²) in [5, 5.41) is 18.5. The van der Waals surface area contributed by atoms with Crippen molar-refractivity contribution >= 4 is 22.5 Å². The first-order valence-electron chi connectivity index (χ1n) is 8.86. The number of anilines is 1. The lowest BCUT2D eigenvalue weighted by molar-refractivity contribution is -0.121. The van der Waals surface area contributed by atoms with E-state index < -0.39 is 0 Å². The number of nitrogens with zero attached hydrogens (tertiary/aromatic N) is 4. The number of nitrogens with one attached hydrogen (secondary N) is 1. The molecule has 1 N–H and O–H groups in total. The smallest absolute Gasteiger partial charge is 0.246 e. The highest BCUT2D eigenvalue weighted by molar-refractivity contribution is 5.99. The molecule has 3 heterocycles. The van der Waals surface area contributed by atoms with E-state index in [0.29, 0.717) is 12.4 Å². The molecule has 7 nitrogen and oxygen atoms in total. The van der Waals surface area contributed by atoms with Crippen molar-refractivity contribution in [2.45, 2.75) is 20.3 Å². The van der Waals surface area contributed by atoms with Gasteiger partial charge in [-0.3, -0.25) is 4.79 Å². The molecular weight excluding hydrogens is 342 g/mol. The van der Waals surface area contributed by atoms with Gasteiger partial charge in [-0.2, -0.15) is 10.2 Å². The number of carbonyl (C=O) groups excluding carboxylic acids is 1. The van der Waals surface area contributed by atoms with E-state index in [4.69, 9.17) is 4.52 Å². The Bertz CT molecular complexity index is 1040. The van der Waals surface area contributed by atoms with E-state index in [1.54, 1.807) is 12.3 Å². The van der Waals surface area contributed by atoms with E-state index in [9.17, 15) is 10.1 Å². The zero-order valence-electron chi connectivity index (χ0n) is 15.2. The Morgan fingerprint density at radius 2 is 2.19 bits per heavy atom. The Morgan fingerprint density at radius 3 is 2.85 bits per heavy atom. The zero-order chi connectivity index (χ0) is 19.0. The molecule has 0 saturated carbocycles. The number of aromatic nitrogens is 2.